The number of hydrazine groups is 1. The summed E-state index contributed by atoms with van der Waals surface area (Å²) < 4.78 is 0. The molecule has 0 fully saturated rings. The Morgan fingerprint density at radius 1 is 1.39 bits per heavy atom. The van der Waals surface area contributed by atoms with Gasteiger partial charge in [0.2, 0.25) is 0 Å². The number of benzene rings is 1. The van der Waals surface area contributed by atoms with E-state index in [9.17, 15) is 9.59 Å². The largest absolute Gasteiger partial charge is 0.361 e. The van der Waals surface area contributed by atoms with E-state index in [4.69, 9.17) is 11.4 Å². The number of carbonyl (C=O) groups excluding carboxylic acids is 2. The maximum absolute atomic E-state index is 11.5. The minimum absolute atomic E-state index is 0.287. The number of hydrogen-bond acceptors (Lipinski definition) is 3. The molecule has 7 nitrogen and oxygen atoms in total. The van der Waals surface area contributed by atoms with Crippen LogP contribution < -0.4 is 16.6 Å². The summed E-state index contributed by atoms with van der Waals surface area (Å²) in [4.78, 5) is 25.3. The van der Waals surface area contributed by atoms with E-state index in [-0.39, 0.29) is 6.42 Å². The van der Waals surface area contributed by atoms with Crippen LogP contribution in [0.3, 0.4) is 0 Å². The number of rotatable bonds is 5. The lowest BCUT2D eigenvalue weighted by Gasteiger charge is -2.15. The summed E-state index contributed by atoms with van der Waals surface area (Å²) in [5.41, 5.74) is 11.1. The van der Waals surface area contributed by atoms with Gasteiger partial charge in [0.05, 0.1) is 0 Å². The fourth-order valence-electron chi connectivity index (χ4n) is 1.42. The Balaban J connectivity index is 2.76. The zero-order chi connectivity index (χ0) is 13.4. The Hall–Kier alpha value is -2.50. The highest BCUT2D eigenvalue weighted by molar-refractivity contribution is 6.24. The van der Waals surface area contributed by atoms with Crippen LogP contribution in [-0.2, 0) is 16.0 Å². The van der Waals surface area contributed by atoms with Gasteiger partial charge >= 0.3 is 12.1 Å². The van der Waals surface area contributed by atoms with Crippen LogP contribution in [0.4, 0.5) is 0 Å². The van der Waals surface area contributed by atoms with Crippen LogP contribution in [0.15, 0.2) is 30.3 Å². The van der Waals surface area contributed by atoms with Gasteiger partial charge in [-0.3, -0.25) is 15.0 Å². The minimum Gasteiger partial charge on any atom is -0.361 e. The van der Waals surface area contributed by atoms with Crippen LogP contribution in [0, 0.1) is 0 Å². The second-order valence-electron chi connectivity index (χ2n) is 3.50. The SMILES string of the molecule is [N-]=[N+]=CC(=O)NC(Cc1ccccc1)C(=O)NN. The van der Waals surface area contributed by atoms with Gasteiger partial charge in [-0.25, -0.2) is 5.84 Å². The van der Waals surface area contributed by atoms with E-state index in [1.54, 1.807) is 0 Å². The van der Waals surface area contributed by atoms with Gasteiger partial charge in [0.25, 0.3) is 5.91 Å². The first kappa shape index (κ1) is 13.6. The lowest BCUT2D eigenvalue weighted by Crippen LogP contribution is -2.50. The van der Waals surface area contributed by atoms with Crippen molar-refractivity contribution in [2.45, 2.75) is 12.5 Å². The van der Waals surface area contributed by atoms with Gasteiger partial charge in [0.1, 0.15) is 6.04 Å². The molecule has 0 saturated carbocycles. The van der Waals surface area contributed by atoms with Crippen molar-refractivity contribution in [3.8, 4) is 0 Å². The molecule has 1 aromatic rings. The second-order valence-corrected chi connectivity index (χ2v) is 3.50. The summed E-state index contributed by atoms with van der Waals surface area (Å²) in [5.74, 6) is 3.83. The number of nitrogens with one attached hydrogen (secondary N) is 2. The smallest absolute Gasteiger partial charge is 0.344 e. The van der Waals surface area contributed by atoms with E-state index < -0.39 is 17.9 Å². The molecular formula is C11H13N5O2. The van der Waals surface area contributed by atoms with Crippen molar-refractivity contribution in [1.82, 2.24) is 10.7 Å². The minimum atomic E-state index is -0.831. The van der Waals surface area contributed by atoms with Crippen molar-refractivity contribution in [3.05, 3.63) is 41.4 Å². The summed E-state index contributed by atoms with van der Waals surface area (Å²) in [6.07, 6.45) is 0.955. The number of carbonyl (C=O) groups is 2. The summed E-state index contributed by atoms with van der Waals surface area (Å²) in [7, 11) is 0. The molecule has 1 unspecified atom stereocenters. The Kier molecular flexibility index (Phi) is 5.24. The molecule has 0 heterocycles. The third-order valence-corrected chi connectivity index (χ3v) is 2.23. The molecule has 0 aliphatic rings. The van der Waals surface area contributed by atoms with E-state index >= 15 is 0 Å². The van der Waals surface area contributed by atoms with Crippen molar-refractivity contribution in [2.75, 3.05) is 0 Å². The number of amides is 2. The van der Waals surface area contributed by atoms with E-state index in [1.807, 2.05) is 35.8 Å². The van der Waals surface area contributed by atoms with Crippen LogP contribution in [0.1, 0.15) is 5.56 Å². The fourth-order valence-corrected chi connectivity index (χ4v) is 1.42. The predicted molar refractivity (Wildman–Crippen MR) is 64.1 cm³/mol. The predicted octanol–water partition coefficient (Wildman–Crippen LogP) is -0.996. The summed E-state index contributed by atoms with van der Waals surface area (Å²) in [5, 5.41) is 2.38. The Morgan fingerprint density at radius 3 is 2.61 bits per heavy atom. The molecule has 0 bridgehead atoms. The molecule has 18 heavy (non-hydrogen) atoms. The van der Waals surface area contributed by atoms with Gasteiger partial charge in [-0.05, 0) is 5.56 Å². The van der Waals surface area contributed by atoms with Crippen LogP contribution in [0.2, 0.25) is 0 Å². The van der Waals surface area contributed by atoms with Crippen molar-refractivity contribution in [2.24, 2.45) is 5.84 Å². The van der Waals surface area contributed by atoms with Crippen LogP contribution in [0.25, 0.3) is 5.53 Å². The fraction of sp³-hybridized carbons (Fsp3) is 0.182. The molecular weight excluding hydrogens is 234 g/mol. The molecule has 2 amide bonds. The zero-order valence-electron chi connectivity index (χ0n) is 9.54. The lowest BCUT2D eigenvalue weighted by atomic mass is 10.1. The van der Waals surface area contributed by atoms with Gasteiger partial charge in [-0.15, -0.1) is 0 Å². The molecule has 4 N–H and O–H groups in total. The number of hydrogen-bond donors (Lipinski definition) is 3. The molecule has 7 heteroatoms. The topological polar surface area (TPSA) is 121 Å². The van der Waals surface area contributed by atoms with Crippen LogP contribution in [0.5, 0.6) is 0 Å². The third kappa shape index (κ3) is 4.17. The first-order chi connectivity index (χ1) is 8.67. The average molecular weight is 247 g/mol. The molecule has 1 rings (SSSR count). The van der Waals surface area contributed by atoms with Gasteiger partial charge < -0.3 is 10.8 Å². The van der Waals surface area contributed by atoms with Crippen LogP contribution >= 0.6 is 0 Å². The maximum Gasteiger partial charge on any atom is 0.344 e. The normalized spacial score (nSPS) is 10.9. The van der Waals surface area contributed by atoms with Gasteiger partial charge in [0, 0.05) is 6.42 Å². The molecule has 0 aliphatic carbocycles. The number of nitrogens with zero attached hydrogens (tertiary/aromatic N) is 2. The van der Waals surface area contributed by atoms with Crippen molar-refractivity contribution in [1.29, 1.82) is 0 Å². The summed E-state index contributed by atoms with van der Waals surface area (Å²) in [6, 6.07) is 8.31. The van der Waals surface area contributed by atoms with Gasteiger partial charge in [-0.1, -0.05) is 30.3 Å². The van der Waals surface area contributed by atoms with Crippen molar-refractivity contribution >= 4 is 18.0 Å². The van der Waals surface area contributed by atoms with Gasteiger partial charge in [-0.2, -0.15) is 4.79 Å². The van der Waals surface area contributed by atoms with E-state index in [2.05, 4.69) is 10.1 Å². The first-order valence-corrected chi connectivity index (χ1v) is 5.19. The Bertz CT molecular complexity index is 468. The van der Waals surface area contributed by atoms with E-state index in [0.29, 0.717) is 6.21 Å². The highest BCUT2D eigenvalue weighted by atomic mass is 16.2. The Morgan fingerprint density at radius 2 is 2.06 bits per heavy atom. The molecule has 0 saturated heterocycles. The standard InChI is InChI=1S/C11H13N5O2/c12-14-7-10(17)15-9(11(18)16-13)6-8-4-2-1-3-5-8/h1-5,7,9H,6,13H2,(H,15,17)(H,16,18). The summed E-state index contributed by atoms with van der Waals surface area (Å²) in [6.45, 7) is 0. The highest BCUT2D eigenvalue weighted by Gasteiger charge is 2.20. The highest BCUT2D eigenvalue weighted by Crippen LogP contribution is 2.03. The van der Waals surface area contributed by atoms with Gasteiger partial charge in [0.15, 0.2) is 0 Å². The first-order valence-electron chi connectivity index (χ1n) is 5.19. The molecule has 1 aromatic carbocycles. The monoisotopic (exact) mass is 247 g/mol. The average Bonchev–Trinajstić information content (AvgIpc) is 2.38. The molecule has 1 atom stereocenters. The third-order valence-electron chi connectivity index (χ3n) is 2.23. The summed E-state index contributed by atoms with van der Waals surface area (Å²) >= 11 is 0. The second kappa shape index (κ2) is 6.95. The number of nitrogens with two attached hydrogens (primary N) is 1. The van der Waals surface area contributed by atoms with Crippen LogP contribution in [-0.4, -0.2) is 28.9 Å². The molecule has 0 radical (unpaired) electrons. The molecule has 94 valence electrons. The van der Waals surface area contributed by atoms with Crippen molar-refractivity contribution in [3.63, 3.8) is 0 Å². The Labute approximate surface area is 104 Å². The molecule has 0 aliphatic heterocycles. The van der Waals surface area contributed by atoms with E-state index in [1.165, 1.54) is 0 Å². The van der Waals surface area contributed by atoms with E-state index in [0.717, 1.165) is 5.56 Å². The maximum atomic E-state index is 11.5. The molecule has 0 spiro atoms. The lowest BCUT2D eigenvalue weighted by molar-refractivity contribution is -0.127. The quantitative estimate of drug-likeness (QED) is 0.154. The molecule has 0 aromatic heterocycles. The van der Waals surface area contributed by atoms with Crippen molar-refractivity contribution < 1.29 is 14.4 Å². The zero-order valence-corrected chi connectivity index (χ0v) is 9.54.